The molecule has 0 bridgehead atoms. The normalized spacial score (nSPS) is 10.0. The average Bonchev–Trinajstić information content (AvgIpc) is 2.53. The molecular weight excluding hydrogens is 309 g/mol. The monoisotopic (exact) mass is 321 g/mol. The van der Waals surface area contributed by atoms with Crippen LogP contribution >= 0.6 is 23.2 Å². The predicted octanol–water partition coefficient (Wildman–Crippen LogP) is 4.54. The molecule has 2 rings (SSSR count). The maximum Gasteiger partial charge on any atom is 0.166 e. The molecule has 0 radical (unpaired) electrons. The molecule has 0 spiro atoms. The fourth-order valence-corrected chi connectivity index (χ4v) is 2.32. The summed E-state index contributed by atoms with van der Waals surface area (Å²) in [6.07, 6.45) is 0. The van der Waals surface area contributed by atoms with Gasteiger partial charge in [-0.1, -0.05) is 29.8 Å². The Morgan fingerprint density at radius 3 is 2.62 bits per heavy atom. The molecule has 2 aromatic carbocycles. The summed E-state index contributed by atoms with van der Waals surface area (Å²) in [6, 6.07) is 12.7. The molecule has 0 unspecified atom stereocenters. The van der Waals surface area contributed by atoms with Crippen LogP contribution in [0.3, 0.4) is 0 Å². The number of ether oxygens (including phenoxy) is 2. The minimum absolute atomic E-state index is 0.273. The molecular formula is C16H13Cl2NO2. The zero-order valence-electron chi connectivity index (χ0n) is 11.4. The Balaban J connectivity index is 2.22. The van der Waals surface area contributed by atoms with E-state index >= 15 is 0 Å². The lowest BCUT2D eigenvalue weighted by molar-refractivity contribution is 0.282. The molecule has 0 N–H and O–H groups in total. The average molecular weight is 322 g/mol. The van der Waals surface area contributed by atoms with Crippen LogP contribution in [0, 0.1) is 11.3 Å². The SMILES string of the molecule is COc1cccc(CCl)c1OCc1ccc(C#N)cc1Cl. The summed E-state index contributed by atoms with van der Waals surface area (Å²) in [6.45, 7) is 0.273. The van der Waals surface area contributed by atoms with Gasteiger partial charge in [0.1, 0.15) is 6.61 Å². The van der Waals surface area contributed by atoms with E-state index in [1.165, 1.54) is 0 Å². The van der Waals surface area contributed by atoms with Crippen LogP contribution in [0.1, 0.15) is 16.7 Å². The second kappa shape index (κ2) is 7.21. The van der Waals surface area contributed by atoms with Gasteiger partial charge in [-0.05, 0) is 18.2 Å². The Morgan fingerprint density at radius 1 is 1.19 bits per heavy atom. The molecule has 0 aromatic heterocycles. The maximum absolute atomic E-state index is 8.83. The van der Waals surface area contributed by atoms with E-state index in [1.54, 1.807) is 25.3 Å². The molecule has 0 saturated heterocycles. The van der Waals surface area contributed by atoms with Crippen molar-refractivity contribution in [3.8, 4) is 17.6 Å². The zero-order chi connectivity index (χ0) is 15.2. The fraction of sp³-hybridized carbons (Fsp3) is 0.188. The molecule has 0 aliphatic heterocycles. The first kappa shape index (κ1) is 15.5. The molecule has 0 aliphatic rings. The number of nitriles is 1. The van der Waals surface area contributed by atoms with Crippen LogP contribution in [0.5, 0.6) is 11.5 Å². The Labute approximate surface area is 133 Å². The van der Waals surface area contributed by atoms with E-state index in [0.29, 0.717) is 28.0 Å². The topological polar surface area (TPSA) is 42.2 Å². The summed E-state index contributed by atoms with van der Waals surface area (Å²) < 4.78 is 11.1. The van der Waals surface area contributed by atoms with Crippen LogP contribution in [0.2, 0.25) is 5.02 Å². The Hall–Kier alpha value is -1.89. The minimum Gasteiger partial charge on any atom is -0.493 e. The van der Waals surface area contributed by atoms with Crippen molar-refractivity contribution in [2.75, 3.05) is 7.11 Å². The van der Waals surface area contributed by atoms with Gasteiger partial charge in [0.2, 0.25) is 0 Å². The Kier molecular flexibility index (Phi) is 5.32. The van der Waals surface area contributed by atoms with Crippen molar-refractivity contribution < 1.29 is 9.47 Å². The standard InChI is InChI=1S/C16H13Cl2NO2/c1-20-15-4-2-3-12(8-17)16(15)21-10-13-6-5-11(9-19)7-14(13)18/h2-7H,8,10H2,1H3. The first-order valence-electron chi connectivity index (χ1n) is 6.22. The first-order chi connectivity index (χ1) is 10.2. The number of nitrogens with zero attached hydrogens (tertiary/aromatic N) is 1. The van der Waals surface area contributed by atoms with Crippen molar-refractivity contribution in [2.24, 2.45) is 0 Å². The van der Waals surface area contributed by atoms with E-state index in [1.807, 2.05) is 24.3 Å². The molecule has 0 atom stereocenters. The highest BCUT2D eigenvalue weighted by Gasteiger charge is 2.11. The van der Waals surface area contributed by atoms with Crippen molar-refractivity contribution in [3.63, 3.8) is 0 Å². The Bertz CT molecular complexity index is 658. The number of halogens is 2. The first-order valence-corrected chi connectivity index (χ1v) is 7.14. The highest BCUT2D eigenvalue weighted by molar-refractivity contribution is 6.31. The van der Waals surface area contributed by atoms with Gasteiger partial charge in [-0.25, -0.2) is 0 Å². The number of benzene rings is 2. The molecule has 0 aliphatic carbocycles. The van der Waals surface area contributed by atoms with Crippen LogP contribution in [0.4, 0.5) is 0 Å². The number of hydrogen-bond acceptors (Lipinski definition) is 3. The van der Waals surface area contributed by atoms with E-state index in [0.717, 1.165) is 11.1 Å². The van der Waals surface area contributed by atoms with Crippen LogP contribution in [0.15, 0.2) is 36.4 Å². The van der Waals surface area contributed by atoms with E-state index in [4.69, 9.17) is 37.9 Å². The minimum atomic E-state index is 0.273. The lowest BCUT2D eigenvalue weighted by atomic mass is 10.1. The van der Waals surface area contributed by atoms with Crippen LogP contribution in [-0.4, -0.2) is 7.11 Å². The molecule has 0 saturated carbocycles. The lowest BCUT2D eigenvalue weighted by Crippen LogP contribution is -2.01. The van der Waals surface area contributed by atoms with Gasteiger partial charge in [0.05, 0.1) is 24.6 Å². The third-order valence-electron chi connectivity index (χ3n) is 2.98. The zero-order valence-corrected chi connectivity index (χ0v) is 12.9. The molecule has 5 heteroatoms. The third-order valence-corrected chi connectivity index (χ3v) is 3.62. The van der Waals surface area contributed by atoms with Crippen molar-refractivity contribution >= 4 is 23.2 Å². The molecule has 108 valence electrons. The van der Waals surface area contributed by atoms with Gasteiger partial charge >= 0.3 is 0 Å². The molecule has 2 aromatic rings. The smallest absolute Gasteiger partial charge is 0.166 e. The van der Waals surface area contributed by atoms with Gasteiger partial charge in [0, 0.05) is 16.1 Å². The van der Waals surface area contributed by atoms with Crippen LogP contribution < -0.4 is 9.47 Å². The summed E-state index contributed by atoms with van der Waals surface area (Å²) in [5, 5.41) is 9.32. The van der Waals surface area contributed by atoms with E-state index < -0.39 is 0 Å². The van der Waals surface area contributed by atoms with E-state index in [9.17, 15) is 0 Å². The predicted molar refractivity (Wildman–Crippen MR) is 83.1 cm³/mol. The summed E-state index contributed by atoms with van der Waals surface area (Å²) in [7, 11) is 1.58. The summed E-state index contributed by atoms with van der Waals surface area (Å²) in [4.78, 5) is 0. The van der Waals surface area contributed by atoms with Crippen molar-refractivity contribution in [1.29, 1.82) is 5.26 Å². The highest BCUT2D eigenvalue weighted by Crippen LogP contribution is 2.33. The van der Waals surface area contributed by atoms with Crippen molar-refractivity contribution in [2.45, 2.75) is 12.5 Å². The van der Waals surface area contributed by atoms with Gasteiger partial charge in [0.15, 0.2) is 11.5 Å². The second-order valence-corrected chi connectivity index (χ2v) is 4.96. The number of methoxy groups -OCH3 is 1. The summed E-state index contributed by atoms with van der Waals surface area (Å²) in [5.41, 5.74) is 2.16. The number of alkyl halides is 1. The van der Waals surface area contributed by atoms with Crippen LogP contribution in [0.25, 0.3) is 0 Å². The van der Waals surface area contributed by atoms with E-state index in [2.05, 4.69) is 0 Å². The lowest BCUT2D eigenvalue weighted by Gasteiger charge is -2.14. The molecule has 3 nitrogen and oxygen atoms in total. The molecule has 21 heavy (non-hydrogen) atoms. The van der Waals surface area contributed by atoms with Gasteiger partial charge in [-0.3, -0.25) is 0 Å². The molecule has 0 heterocycles. The molecule has 0 fully saturated rings. The van der Waals surface area contributed by atoms with Crippen LogP contribution in [-0.2, 0) is 12.5 Å². The third kappa shape index (κ3) is 3.60. The van der Waals surface area contributed by atoms with E-state index in [-0.39, 0.29) is 6.61 Å². The highest BCUT2D eigenvalue weighted by atomic mass is 35.5. The quantitative estimate of drug-likeness (QED) is 0.759. The number of hydrogen-bond donors (Lipinski definition) is 0. The second-order valence-electron chi connectivity index (χ2n) is 4.29. The van der Waals surface area contributed by atoms with Gasteiger partial charge in [-0.2, -0.15) is 5.26 Å². The van der Waals surface area contributed by atoms with Crippen molar-refractivity contribution in [1.82, 2.24) is 0 Å². The number of rotatable bonds is 5. The Morgan fingerprint density at radius 2 is 2.00 bits per heavy atom. The summed E-state index contributed by atoms with van der Waals surface area (Å²) >= 11 is 12.0. The van der Waals surface area contributed by atoms with Gasteiger partial charge in [0.25, 0.3) is 0 Å². The largest absolute Gasteiger partial charge is 0.493 e. The maximum atomic E-state index is 8.83. The fourth-order valence-electron chi connectivity index (χ4n) is 1.87. The summed E-state index contributed by atoms with van der Waals surface area (Å²) in [5.74, 6) is 1.56. The van der Waals surface area contributed by atoms with Gasteiger partial charge < -0.3 is 9.47 Å². The molecule has 0 amide bonds. The van der Waals surface area contributed by atoms with Gasteiger partial charge in [-0.15, -0.1) is 11.6 Å². The van der Waals surface area contributed by atoms with Crippen molar-refractivity contribution in [3.05, 3.63) is 58.1 Å². The number of para-hydroxylation sites is 1.